The summed E-state index contributed by atoms with van der Waals surface area (Å²) in [7, 11) is 0. The zero-order valence-corrected chi connectivity index (χ0v) is 16.9. The first-order valence-electron chi connectivity index (χ1n) is 10.6. The molecule has 0 saturated heterocycles. The van der Waals surface area contributed by atoms with Gasteiger partial charge in [0.05, 0.1) is 23.6 Å². The van der Waals surface area contributed by atoms with Gasteiger partial charge in [0, 0.05) is 21.9 Å². The maximum atomic E-state index is 13.3. The lowest BCUT2D eigenvalue weighted by molar-refractivity contribution is 0.0452. The molecule has 0 radical (unpaired) electrons. The second-order valence-electron chi connectivity index (χ2n) is 8.63. The third kappa shape index (κ3) is 2.07. The summed E-state index contributed by atoms with van der Waals surface area (Å²) in [4.78, 5) is 16.8. The van der Waals surface area contributed by atoms with Crippen LogP contribution in [-0.4, -0.2) is 11.6 Å². The quantitative estimate of drug-likeness (QED) is 0.340. The molecule has 4 heteroatoms. The third-order valence-corrected chi connectivity index (χ3v) is 7.01. The number of aromatic nitrogens is 1. The molecule has 2 atom stereocenters. The number of rotatable bonds is 0. The van der Waals surface area contributed by atoms with E-state index in [1.54, 1.807) is 0 Å². The first kappa shape index (κ1) is 16.9. The Bertz CT molecular complexity index is 1620. The lowest BCUT2D eigenvalue weighted by atomic mass is 9.77. The number of nitrogens with one attached hydrogen (secondary N) is 1. The molecule has 0 bridgehead atoms. The van der Waals surface area contributed by atoms with Crippen molar-refractivity contribution in [3.63, 3.8) is 0 Å². The van der Waals surface area contributed by atoms with Crippen molar-refractivity contribution >= 4 is 32.6 Å². The van der Waals surface area contributed by atoms with E-state index >= 15 is 0 Å². The summed E-state index contributed by atoms with van der Waals surface area (Å²) >= 11 is 0. The van der Waals surface area contributed by atoms with Crippen molar-refractivity contribution in [2.45, 2.75) is 18.4 Å². The summed E-state index contributed by atoms with van der Waals surface area (Å²) < 4.78 is 13.0. The Balaban J connectivity index is 1.56. The van der Waals surface area contributed by atoms with Crippen molar-refractivity contribution in [1.82, 2.24) is 4.98 Å². The molecule has 1 N–H and O–H groups in total. The van der Waals surface area contributed by atoms with Gasteiger partial charge in [0.2, 0.25) is 0 Å². The average Bonchev–Trinajstić information content (AvgIpc) is 3.11. The fourth-order valence-electron chi connectivity index (χ4n) is 5.53. The fraction of sp³-hybridized carbons (Fsp3) is 0.148. The SMILES string of the molecule is C[C@]12Oc3ccc4ccccc4c3[C@H]1COc1ccc3c(=O)c4ccccc4[nH]c3c12. The van der Waals surface area contributed by atoms with Gasteiger partial charge in [-0.15, -0.1) is 0 Å². The topological polar surface area (TPSA) is 51.3 Å². The number of para-hydroxylation sites is 1. The minimum absolute atomic E-state index is 0.0267. The van der Waals surface area contributed by atoms with Crippen LogP contribution in [-0.2, 0) is 5.60 Å². The molecular formula is C27H19NO3. The van der Waals surface area contributed by atoms with Gasteiger partial charge in [-0.1, -0.05) is 42.5 Å². The molecule has 0 saturated carbocycles. The highest BCUT2D eigenvalue weighted by atomic mass is 16.5. The van der Waals surface area contributed by atoms with Gasteiger partial charge in [0.15, 0.2) is 5.43 Å². The predicted molar refractivity (Wildman–Crippen MR) is 122 cm³/mol. The lowest BCUT2D eigenvalue weighted by Gasteiger charge is -2.37. The molecule has 31 heavy (non-hydrogen) atoms. The normalized spacial score (nSPS) is 21.4. The number of hydrogen-bond donors (Lipinski definition) is 1. The molecule has 0 spiro atoms. The summed E-state index contributed by atoms with van der Waals surface area (Å²) in [5.41, 5.74) is 3.12. The molecule has 150 valence electrons. The Labute approximate surface area is 178 Å². The Morgan fingerprint density at radius 3 is 2.55 bits per heavy atom. The largest absolute Gasteiger partial charge is 0.492 e. The van der Waals surface area contributed by atoms with Crippen molar-refractivity contribution < 1.29 is 9.47 Å². The van der Waals surface area contributed by atoms with E-state index in [0.717, 1.165) is 28.1 Å². The second-order valence-corrected chi connectivity index (χ2v) is 8.63. The van der Waals surface area contributed by atoms with Crippen molar-refractivity contribution in [2.75, 3.05) is 6.61 Å². The molecule has 5 aromatic rings. The average molecular weight is 405 g/mol. The van der Waals surface area contributed by atoms with Gasteiger partial charge in [-0.25, -0.2) is 0 Å². The minimum atomic E-state index is -0.634. The van der Waals surface area contributed by atoms with Crippen LogP contribution in [0.3, 0.4) is 0 Å². The Morgan fingerprint density at radius 1 is 0.871 bits per heavy atom. The van der Waals surface area contributed by atoms with E-state index in [1.165, 1.54) is 16.3 Å². The van der Waals surface area contributed by atoms with E-state index in [0.29, 0.717) is 17.4 Å². The highest BCUT2D eigenvalue weighted by Crippen LogP contribution is 2.57. The molecule has 0 fully saturated rings. The molecule has 3 heterocycles. The smallest absolute Gasteiger partial charge is 0.197 e. The zero-order chi connectivity index (χ0) is 20.7. The highest BCUT2D eigenvalue weighted by molar-refractivity contribution is 5.96. The highest BCUT2D eigenvalue weighted by Gasteiger charge is 2.52. The van der Waals surface area contributed by atoms with Gasteiger partial charge in [-0.2, -0.15) is 0 Å². The maximum absolute atomic E-state index is 13.3. The van der Waals surface area contributed by atoms with E-state index in [1.807, 2.05) is 36.4 Å². The minimum Gasteiger partial charge on any atom is -0.492 e. The van der Waals surface area contributed by atoms with Crippen LogP contribution in [0.5, 0.6) is 11.5 Å². The van der Waals surface area contributed by atoms with E-state index < -0.39 is 5.60 Å². The summed E-state index contributed by atoms with van der Waals surface area (Å²) in [6.45, 7) is 2.66. The Kier molecular flexibility index (Phi) is 3.10. The van der Waals surface area contributed by atoms with Crippen molar-refractivity contribution in [1.29, 1.82) is 0 Å². The Morgan fingerprint density at radius 2 is 1.65 bits per heavy atom. The zero-order valence-electron chi connectivity index (χ0n) is 16.9. The number of pyridine rings is 1. The molecule has 2 aliphatic heterocycles. The van der Waals surface area contributed by atoms with Gasteiger partial charge in [0.1, 0.15) is 17.1 Å². The maximum Gasteiger partial charge on any atom is 0.197 e. The van der Waals surface area contributed by atoms with E-state index in [2.05, 4.69) is 48.3 Å². The van der Waals surface area contributed by atoms with Gasteiger partial charge >= 0.3 is 0 Å². The van der Waals surface area contributed by atoms with Crippen LogP contribution in [0.15, 0.2) is 77.6 Å². The van der Waals surface area contributed by atoms with Crippen LogP contribution in [0, 0.1) is 0 Å². The van der Waals surface area contributed by atoms with Crippen molar-refractivity contribution in [2.24, 2.45) is 0 Å². The van der Waals surface area contributed by atoms with Crippen LogP contribution >= 0.6 is 0 Å². The predicted octanol–water partition coefficient (Wildman–Crippen LogP) is 5.62. The van der Waals surface area contributed by atoms with Crippen LogP contribution in [0.25, 0.3) is 32.6 Å². The van der Waals surface area contributed by atoms with Crippen LogP contribution < -0.4 is 14.9 Å². The summed E-state index contributed by atoms with van der Waals surface area (Å²) in [5, 5.41) is 3.74. The van der Waals surface area contributed by atoms with Gasteiger partial charge in [0.25, 0.3) is 0 Å². The molecule has 7 rings (SSSR count). The van der Waals surface area contributed by atoms with Gasteiger partial charge in [-0.3, -0.25) is 4.79 Å². The number of aromatic amines is 1. The van der Waals surface area contributed by atoms with Crippen molar-refractivity contribution in [3.8, 4) is 11.5 Å². The van der Waals surface area contributed by atoms with E-state index in [4.69, 9.17) is 9.47 Å². The first-order valence-corrected chi connectivity index (χ1v) is 10.6. The number of hydrogen-bond acceptors (Lipinski definition) is 3. The number of ether oxygens (including phenoxy) is 2. The number of fused-ring (bicyclic) bond motifs is 10. The molecule has 4 aromatic carbocycles. The Hall–Kier alpha value is -3.79. The summed E-state index contributed by atoms with van der Waals surface area (Å²) in [6.07, 6.45) is 0. The summed E-state index contributed by atoms with van der Waals surface area (Å²) in [6, 6.07) is 24.0. The molecule has 0 aliphatic carbocycles. The lowest BCUT2D eigenvalue weighted by Crippen LogP contribution is -2.39. The fourth-order valence-corrected chi connectivity index (χ4v) is 5.53. The first-order chi connectivity index (χ1) is 15.1. The summed E-state index contributed by atoms with van der Waals surface area (Å²) in [5.74, 6) is 1.69. The molecular weight excluding hydrogens is 386 g/mol. The molecule has 2 aliphatic rings. The number of H-pyrrole nitrogens is 1. The van der Waals surface area contributed by atoms with E-state index in [9.17, 15) is 4.79 Å². The second kappa shape index (κ2) is 5.67. The number of benzene rings is 4. The van der Waals surface area contributed by atoms with Crippen LogP contribution in [0.1, 0.15) is 24.0 Å². The molecule has 0 unspecified atom stereocenters. The molecule has 0 amide bonds. The monoisotopic (exact) mass is 405 g/mol. The third-order valence-electron chi connectivity index (χ3n) is 7.01. The van der Waals surface area contributed by atoms with E-state index in [-0.39, 0.29) is 11.3 Å². The molecule has 1 aromatic heterocycles. The van der Waals surface area contributed by atoms with Crippen LogP contribution in [0.4, 0.5) is 0 Å². The van der Waals surface area contributed by atoms with Gasteiger partial charge < -0.3 is 14.5 Å². The van der Waals surface area contributed by atoms with Gasteiger partial charge in [-0.05, 0) is 48.0 Å². The standard InChI is InChI=1S/C27H19NO3/c1-27-19(23-16-7-3-2-6-15(16)10-12-21(23)31-27)14-30-22-13-11-18-25(24(22)27)28-20-9-5-4-8-17(20)26(18)29/h2-13,19H,14H2,1H3,(H,28,29)/t19-,27+/m1/s1. The van der Waals surface area contributed by atoms with Crippen LogP contribution in [0.2, 0.25) is 0 Å². The van der Waals surface area contributed by atoms with Crippen molar-refractivity contribution in [3.05, 3.63) is 94.1 Å². The molecule has 4 nitrogen and oxygen atoms in total.